The van der Waals surface area contributed by atoms with Gasteiger partial charge in [0.05, 0.1) is 15.6 Å². The molecule has 2 rings (SSSR count). The quantitative estimate of drug-likeness (QED) is 0.706. The predicted molar refractivity (Wildman–Crippen MR) is 76.4 cm³/mol. The Bertz CT molecular complexity index is 644. The Hall–Kier alpha value is -1.04. The molecule has 0 spiro atoms. The van der Waals surface area contributed by atoms with Gasteiger partial charge in [0.2, 0.25) is 0 Å². The third-order valence-corrected chi connectivity index (χ3v) is 4.28. The number of hydrogen-bond donors (Lipinski definition) is 1. The molecule has 0 fully saturated rings. The van der Waals surface area contributed by atoms with Gasteiger partial charge in [-0.15, -0.1) is 0 Å². The molecule has 0 atom stereocenters. The predicted octanol–water partition coefficient (Wildman–Crippen LogP) is 5.75. The summed E-state index contributed by atoms with van der Waals surface area (Å²) in [5, 5.41) is 0.790. The van der Waals surface area contributed by atoms with E-state index in [1.54, 1.807) is 18.2 Å². The number of rotatable bonds is 2. The summed E-state index contributed by atoms with van der Waals surface area (Å²) >= 11 is 12.9. The van der Waals surface area contributed by atoms with Crippen molar-refractivity contribution >= 4 is 40.7 Å². The molecule has 0 unspecified atom stereocenters. The second-order valence-corrected chi connectivity index (χ2v) is 5.86. The normalized spacial score (nSPS) is 11.7. The third kappa shape index (κ3) is 3.53. The van der Waals surface area contributed by atoms with E-state index in [0.29, 0.717) is 14.9 Å². The van der Waals surface area contributed by atoms with Crippen LogP contribution in [0, 0.1) is 0 Å². The van der Waals surface area contributed by atoms with E-state index < -0.39 is 11.7 Å². The van der Waals surface area contributed by atoms with Crippen molar-refractivity contribution in [2.75, 3.05) is 5.73 Å². The molecule has 0 aliphatic rings. The van der Waals surface area contributed by atoms with Crippen LogP contribution in [-0.2, 0) is 6.18 Å². The lowest BCUT2D eigenvalue weighted by Crippen LogP contribution is -2.05. The number of nitrogen functional groups attached to an aromatic ring is 1. The van der Waals surface area contributed by atoms with Gasteiger partial charge >= 0.3 is 6.18 Å². The fourth-order valence-electron chi connectivity index (χ4n) is 1.49. The first-order chi connectivity index (χ1) is 9.27. The van der Waals surface area contributed by atoms with Crippen LogP contribution in [0.25, 0.3) is 0 Å². The summed E-state index contributed by atoms with van der Waals surface area (Å²) < 4.78 is 37.6. The summed E-state index contributed by atoms with van der Waals surface area (Å²) in [5.41, 5.74) is 4.95. The van der Waals surface area contributed by atoms with Crippen molar-refractivity contribution in [1.82, 2.24) is 0 Å². The minimum Gasteiger partial charge on any atom is -0.398 e. The zero-order chi connectivity index (χ0) is 14.9. The summed E-state index contributed by atoms with van der Waals surface area (Å²) in [7, 11) is 0. The van der Waals surface area contributed by atoms with Crippen LogP contribution in [0.15, 0.2) is 46.2 Å². The van der Waals surface area contributed by atoms with Crippen LogP contribution in [0.2, 0.25) is 10.0 Å². The molecule has 0 aliphatic heterocycles. The van der Waals surface area contributed by atoms with Gasteiger partial charge < -0.3 is 5.73 Å². The molecule has 2 aromatic rings. The lowest BCUT2D eigenvalue weighted by atomic mass is 10.2. The molecule has 7 heteroatoms. The lowest BCUT2D eigenvalue weighted by molar-refractivity contribution is -0.137. The minimum absolute atomic E-state index is 0.0656. The smallest absolute Gasteiger partial charge is 0.398 e. The van der Waals surface area contributed by atoms with Crippen molar-refractivity contribution in [2.24, 2.45) is 0 Å². The van der Waals surface area contributed by atoms with E-state index >= 15 is 0 Å². The Morgan fingerprint density at radius 2 is 1.65 bits per heavy atom. The Kier molecular flexibility index (Phi) is 4.42. The highest BCUT2D eigenvalue weighted by atomic mass is 35.5. The maximum absolute atomic E-state index is 12.5. The molecule has 0 saturated carbocycles. The van der Waals surface area contributed by atoms with Crippen LogP contribution in [-0.4, -0.2) is 0 Å². The van der Waals surface area contributed by atoms with E-state index in [4.69, 9.17) is 28.9 Å². The molecule has 2 aromatic carbocycles. The SMILES string of the molecule is Nc1cc(C(F)(F)F)ccc1Sc1ccc(Cl)c(Cl)c1. The standard InChI is InChI=1S/C13H8Cl2F3NS/c14-9-3-2-8(6-10(9)15)20-12-4-1-7(5-11(12)19)13(16,17)18/h1-6H,19H2. The van der Waals surface area contributed by atoms with Gasteiger partial charge in [-0.2, -0.15) is 13.2 Å². The van der Waals surface area contributed by atoms with E-state index in [2.05, 4.69) is 0 Å². The zero-order valence-corrected chi connectivity index (χ0v) is 12.2. The van der Waals surface area contributed by atoms with Crippen LogP contribution in [0.5, 0.6) is 0 Å². The Balaban J connectivity index is 2.28. The molecular weight excluding hydrogens is 330 g/mol. The number of anilines is 1. The maximum Gasteiger partial charge on any atom is 0.416 e. The minimum atomic E-state index is -4.40. The Labute approximate surface area is 127 Å². The van der Waals surface area contributed by atoms with Gasteiger partial charge in [-0.05, 0) is 36.4 Å². The molecule has 2 N–H and O–H groups in total. The van der Waals surface area contributed by atoms with Crippen LogP contribution in [0.1, 0.15) is 5.56 Å². The molecular formula is C13H8Cl2F3NS. The van der Waals surface area contributed by atoms with Crippen LogP contribution >= 0.6 is 35.0 Å². The van der Waals surface area contributed by atoms with Crippen LogP contribution in [0.3, 0.4) is 0 Å². The summed E-state index contributed by atoms with van der Waals surface area (Å²) in [4.78, 5) is 1.27. The summed E-state index contributed by atoms with van der Waals surface area (Å²) in [6.07, 6.45) is -4.40. The van der Waals surface area contributed by atoms with Crippen molar-refractivity contribution in [2.45, 2.75) is 16.0 Å². The Morgan fingerprint density at radius 1 is 0.950 bits per heavy atom. The van der Waals surface area contributed by atoms with E-state index in [9.17, 15) is 13.2 Å². The monoisotopic (exact) mass is 337 g/mol. The Morgan fingerprint density at radius 3 is 2.20 bits per heavy atom. The van der Waals surface area contributed by atoms with Crippen molar-refractivity contribution in [3.63, 3.8) is 0 Å². The van der Waals surface area contributed by atoms with Crippen molar-refractivity contribution < 1.29 is 13.2 Å². The number of halogens is 5. The van der Waals surface area contributed by atoms with Crippen molar-refractivity contribution in [3.05, 3.63) is 52.0 Å². The molecule has 20 heavy (non-hydrogen) atoms. The topological polar surface area (TPSA) is 26.0 Å². The first kappa shape index (κ1) is 15.4. The third-order valence-electron chi connectivity index (χ3n) is 2.46. The van der Waals surface area contributed by atoms with Crippen LogP contribution in [0.4, 0.5) is 18.9 Å². The molecule has 1 nitrogen and oxygen atoms in total. The first-order valence-corrected chi connectivity index (χ1v) is 6.94. The molecule has 0 bridgehead atoms. The summed E-state index contributed by atoms with van der Waals surface area (Å²) in [5.74, 6) is 0. The molecule has 0 aromatic heterocycles. The van der Waals surface area contributed by atoms with Gasteiger partial charge in [0.15, 0.2) is 0 Å². The highest BCUT2D eigenvalue weighted by molar-refractivity contribution is 7.99. The molecule has 106 valence electrons. The fraction of sp³-hybridized carbons (Fsp3) is 0.0769. The second-order valence-electron chi connectivity index (χ2n) is 3.93. The van der Waals surface area contributed by atoms with Gasteiger partial charge in [0.1, 0.15) is 0 Å². The van der Waals surface area contributed by atoms with E-state index in [-0.39, 0.29) is 5.69 Å². The fourth-order valence-corrected chi connectivity index (χ4v) is 2.73. The van der Waals surface area contributed by atoms with Gasteiger partial charge in [-0.3, -0.25) is 0 Å². The number of alkyl halides is 3. The molecule has 0 radical (unpaired) electrons. The van der Waals surface area contributed by atoms with Crippen molar-refractivity contribution in [3.8, 4) is 0 Å². The number of benzene rings is 2. The molecule has 0 heterocycles. The average molecular weight is 338 g/mol. The molecule has 0 aliphatic carbocycles. The highest BCUT2D eigenvalue weighted by Crippen LogP contribution is 2.38. The highest BCUT2D eigenvalue weighted by Gasteiger charge is 2.30. The maximum atomic E-state index is 12.5. The summed E-state index contributed by atoms with van der Waals surface area (Å²) in [6.45, 7) is 0. The largest absolute Gasteiger partial charge is 0.416 e. The van der Waals surface area contributed by atoms with Gasteiger partial charge in [-0.25, -0.2) is 0 Å². The molecule has 0 amide bonds. The van der Waals surface area contributed by atoms with Gasteiger partial charge in [0, 0.05) is 15.5 Å². The summed E-state index contributed by atoms with van der Waals surface area (Å²) in [6, 6.07) is 8.22. The average Bonchev–Trinajstić information content (AvgIpc) is 2.35. The van der Waals surface area contributed by atoms with Crippen molar-refractivity contribution in [1.29, 1.82) is 0 Å². The first-order valence-electron chi connectivity index (χ1n) is 5.37. The van der Waals surface area contributed by atoms with E-state index in [1.807, 2.05) is 0 Å². The van der Waals surface area contributed by atoms with E-state index in [1.165, 1.54) is 17.8 Å². The number of hydrogen-bond acceptors (Lipinski definition) is 2. The second kappa shape index (κ2) is 5.76. The van der Waals surface area contributed by atoms with Crippen LogP contribution < -0.4 is 5.73 Å². The zero-order valence-electron chi connectivity index (χ0n) is 9.84. The van der Waals surface area contributed by atoms with Gasteiger partial charge in [0.25, 0.3) is 0 Å². The van der Waals surface area contributed by atoms with E-state index in [0.717, 1.165) is 17.0 Å². The van der Waals surface area contributed by atoms with Gasteiger partial charge in [-0.1, -0.05) is 35.0 Å². The lowest BCUT2D eigenvalue weighted by Gasteiger charge is -2.10. The number of nitrogens with two attached hydrogens (primary N) is 1. The molecule has 0 saturated heterocycles.